The summed E-state index contributed by atoms with van der Waals surface area (Å²) in [6, 6.07) is 5.44. The van der Waals surface area contributed by atoms with Crippen LogP contribution < -0.4 is 4.90 Å². The lowest BCUT2D eigenvalue weighted by Gasteiger charge is -2.34. The second-order valence-electron chi connectivity index (χ2n) is 6.52. The van der Waals surface area contributed by atoms with Crippen molar-refractivity contribution in [2.75, 3.05) is 39.1 Å². The lowest BCUT2D eigenvalue weighted by molar-refractivity contribution is -0.117. The Morgan fingerprint density at radius 3 is 2.43 bits per heavy atom. The fraction of sp³-hybridized carbons (Fsp3) is 0.562. The number of amides is 1. The molecule has 7 heteroatoms. The third kappa shape index (κ3) is 2.88. The predicted octanol–water partition coefficient (Wildman–Crippen LogP) is 0.920. The van der Waals surface area contributed by atoms with Crippen LogP contribution in [0.4, 0.5) is 5.69 Å². The van der Waals surface area contributed by atoms with Gasteiger partial charge >= 0.3 is 0 Å². The molecule has 2 aliphatic rings. The molecule has 23 heavy (non-hydrogen) atoms. The number of carbonyl (C=O) groups excluding carboxylic acids is 1. The molecule has 1 aromatic carbocycles. The average molecular weight is 337 g/mol. The first-order chi connectivity index (χ1) is 10.8. The summed E-state index contributed by atoms with van der Waals surface area (Å²) >= 11 is 0. The summed E-state index contributed by atoms with van der Waals surface area (Å²) < 4.78 is 27.2. The predicted molar refractivity (Wildman–Crippen MR) is 89.0 cm³/mol. The van der Waals surface area contributed by atoms with Crippen molar-refractivity contribution < 1.29 is 13.2 Å². The van der Waals surface area contributed by atoms with Crippen LogP contribution in [0.15, 0.2) is 23.1 Å². The summed E-state index contributed by atoms with van der Waals surface area (Å²) in [5, 5.41) is 0. The highest BCUT2D eigenvalue weighted by Crippen LogP contribution is 2.31. The molecule has 3 rings (SSSR count). The topological polar surface area (TPSA) is 60.9 Å². The summed E-state index contributed by atoms with van der Waals surface area (Å²) in [5.74, 6) is 0.00125. The largest absolute Gasteiger partial charge is 0.315 e. The van der Waals surface area contributed by atoms with Gasteiger partial charge in [-0.3, -0.25) is 4.79 Å². The monoisotopic (exact) mass is 337 g/mol. The first-order valence-corrected chi connectivity index (χ1v) is 9.31. The van der Waals surface area contributed by atoms with Crippen LogP contribution in [0.25, 0.3) is 0 Å². The van der Waals surface area contributed by atoms with Crippen molar-refractivity contribution in [1.82, 2.24) is 9.21 Å². The second kappa shape index (κ2) is 5.89. The van der Waals surface area contributed by atoms with Gasteiger partial charge in [-0.2, -0.15) is 4.31 Å². The van der Waals surface area contributed by atoms with Gasteiger partial charge in [0.1, 0.15) is 0 Å². The average Bonchev–Trinajstić information content (AvgIpc) is 2.81. The van der Waals surface area contributed by atoms with Gasteiger partial charge in [0.05, 0.1) is 11.3 Å². The third-order valence-corrected chi connectivity index (χ3v) is 6.81. The van der Waals surface area contributed by atoms with Crippen LogP contribution in [0.5, 0.6) is 0 Å². The summed E-state index contributed by atoms with van der Waals surface area (Å²) in [4.78, 5) is 15.8. The fourth-order valence-corrected chi connectivity index (χ4v) is 4.88. The molecule has 0 saturated carbocycles. The van der Waals surface area contributed by atoms with Crippen molar-refractivity contribution in [2.24, 2.45) is 0 Å². The van der Waals surface area contributed by atoms with E-state index < -0.39 is 10.0 Å². The molecule has 2 heterocycles. The highest BCUT2D eigenvalue weighted by Gasteiger charge is 2.32. The lowest BCUT2D eigenvalue weighted by Crippen LogP contribution is -2.44. The van der Waals surface area contributed by atoms with Crippen LogP contribution in [-0.2, 0) is 21.2 Å². The third-order valence-electron chi connectivity index (χ3n) is 4.92. The van der Waals surface area contributed by atoms with Crippen LogP contribution in [0.3, 0.4) is 0 Å². The molecular weight excluding hydrogens is 314 g/mol. The Bertz CT molecular complexity index is 722. The van der Waals surface area contributed by atoms with E-state index in [1.54, 1.807) is 34.5 Å². The molecule has 126 valence electrons. The van der Waals surface area contributed by atoms with Gasteiger partial charge in [0.2, 0.25) is 15.9 Å². The first-order valence-electron chi connectivity index (χ1n) is 7.87. The molecule has 2 aliphatic heterocycles. The molecule has 6 nitrogen and oxygen atoms in total. The molecular formula is C16H23N3O3S. The number of fused-ring (bicyclic) bond motifs is 1. The minimum atomic E-state index is -3.48. The number of sulfonamides is 1. The summed E-state index contributed by atoms with van der Waals surface area (Å²) in [6.07, 6.45) is 1.97. The van der Waals surface area contributed by atoms with E-state index in [-0.39, 0.29) is 12.3 Å². The van der Waals surface area contributed by atoms with Gasteiger partial charge < -0.3 is 9.80 Å². The molecule has 0 N–H and O–H groups in total. The van der Waals surface area contributed by atoms with E-state index in [1.807, 2.05) is 14.1 Å². The molecule has 1 fully saturated rings. The Morgan fingerprint density at radius 1 is 1.17 bits per heavy atom. The van der Waals surface area contributed by atoms with Gasteiger partial charge in [0.15, 0.2) is 0 Å². The number of likely N-dealkylation sites (N-methyl/N-ethyl adjacent to an activating group) is 1. The Balaban J connectivity index is 1.82. The Labute approximate surface area is 137 Å². The zero-order valence-corrected chi connectivity index (χ0v) is 14.6. The Morgan fingerprint density at radius 2 is 1.83 bits per heavy atom. The smallest absolute Gasteiger partial charge is 0.243 e. The first kappa shape index (κ1) is 16.4. The van der Waals surface area contributed by atoms with Crippen molar-refractivity contribution in [1.29, 1.82) is 0 Å². The van der Waals surface area contributed by atoms with Gasteiger partial charge in [-0.15, -0.1) is 0 Å². The van der Waals surface area contributed by atoms with E-state index in [4.69, 9.17) is 0 Å². The molecule has 0 spiro atoms. The van der Waals surface area contributed by atoms with Crippen LogP contribution in [0.2, 0.25) is 0 Å². The van der Waals surface area contributed by atoms with Crippen molar-refractivity contribution in [3.63, 3.8) is 0 Å². The zero-order valence-electron chi connectivity index (χ0n) is 13.8. The highest BCUT2D eigenvalue weighted by molar-refractivity contribution is 7.89. The van der Waals surface area contributed by atoms with Crippen LogP contribution in [0, 0.1) is 0 Å². The number of piperidine rings is 1. The number of hydrogen-bond acceptors (Lipinski definition) is 4. The number of benzene rings is 1. The molecule has 1 aromatic rings. The number of rotatable bonds is 3. The van der Waals surface area contributed by atoms with Crippen LogP contribution >= 0.6 is 0 Å². The van der Waals surface area contributed by atoms with Crippen molar-refractivity contribution in [3.8, 4) is 0 Å². The lowest BCUT2D eigenvalue weighted by atomic mass is 10.1. The number of nitrogens with zero attached hydrogens (tertiary/aromatic N) is 3. The van der Waals surface area contributed by atoms with E-state index in [2.05, 4.69) is 4.90 Å². The summed E-state index contributed by atoms with van der Waals surface area (Å²) in [5.41, 5.74) is 1.60. The SMILES string of the molecule is CN1C(=O)Cc2cc(S(=O)(=O)N3CCC(N(C)C)CC3)ccc21. The van der Waals surface area contributed by atoms with Crippen LogP contribution in [-0.4, -0.2) is 63.8 Å². The highest BCUT2D eigenvalue weighted by atomic mass is 32.2. The molecule has 0 unspecified atom stereocenters. The molecule has 0 bridgehead atoms. The van der Waals surface area contributed by atoms with Gasteiger partial charge in [0, 0.05) is 31.9 Å². The fourth-order valence-electron chi connectivity index (χ4n) is 3.35. The summed E-state index contributed by atoms with van der Waals surface area (Å²) in [6.45, 7) is 1.09. The molecule has 1 saturated heterocycles. The van der Waals surface area contributed by atoms with Crippen molar-refractivity contribution >= 4 is 21.6 Å². The van der Waals surface area contributed by atoms with Crippen molar-refractivity contribution in [2.45, 2.75) is 30.2 Å². The van der Waals surface area contributed by atoms with Gasteiger partial charge in [-0.25, -0.2) is 8.42 Å². The Hall–Kier alpha value is -1.44. The molecule has 0 atom stereocenters. The maximum Gasteiger partial charge on any atom is 0.243 e. The van der Waals surface area contributed by atoms with Gasteiger partial charge in [-0.1, -0.05) is 0 Å². The van der Waals surface area contributed by atoms with E-state index in [0.717, 1.165) is 24.1 Å². The quantitative estimate of drug-likeness (QED) is 0.823. The maximum atomic E-state index is 12.8. The van der Waals surface area contributed by atoms with E-state index in [0.29, 0.717) is 24.0 Å². The van der Waals surface area contributed by atoms with E-state index in [9.17, 15) is 13.2 Å². The normalized spacial score (nSPS) is 20.3. The molecule has 0 radical (unpaired) electrons. The number of hydrogen-bond donors (Lipinski definition) is 0. The number of carbonyl (C=O) groups is 1. The minimum Gasteiger partial charge on any atom is -0.315 e. The molecule has 1 amide bonds. The molecule has 0 aromatic heterocycles. The van der Waals surface area contributed by atoms with E-state index >= 15 is 0 Å². The Kier molecular flexibility index (Phi) is 4.20. The van der Waals surface area contributed by atoms with E-state index in [1.165, 1.54) is 0 Å². The van der Waals surface area contributed by atoms with Gasteiger partial charge in [-0.05, 0) is 50.7 Å². The summed E-state index contributed by atoms with van der Waals surface area (Å²) in [7, 11) is 2.30. The van der Waals surface area contributed by atoms with Crippen molar-refractivity contribution in [3.05, 3.63) is 23.8 Å². The number of anilines is 1. The standard InChI is InChI=1S/C16H23N3O3S/c1-17(2)13-6-8-19(9-7-13)23(21,22)14-4-5-15-12(10-14)11-16(20)18(15)3/h4-5,10,13H,6-9,11H2,1-3H3. The molecule has 0 aliphatic carbocycles. The second-order valence-corrected chi connectivity index (χ2v) is 8.46. The van der Waals surface area contributed by atoms with Crippen LogP contribution in [0.1, 0.15) is 18.4 Å². The zero-order chi connectivity index (χ0) is 16.8. The maximum absolute atomic E-state index is 12.8. The minimum absolute atomic E-state index is 0.00125. The van der Waals surface area contributed by atoms with Gasteiger partial charge in [0.25, 0.3) is 0 Å².